The van der Waals surface area contributed by atoms with E-state index in [2.05, 4.69) is 5.32 Å². The number of carboxylic acid groups (broad SMARTS) is 1. The second kappa shape index (κ2) is 15.7. The number of anilines is 1. The first-order valence-corrected chi connectivity index (χ1v) is 17.8. The summed E-state index contributed by atoms with van der Waals surface area (Å²) in [5.74, 6) is -0.134. The summed E-state index contributed by atoms with van der Waals surface area (Å²) in [6.45, 7) is 4.18. The molecule has 4 heterocycles. The number of aromatic hydroxyl groups is 1. The second-order valence-corrected chi connectivity index (χ2v) is 14.2. The average Bonchev–Trinajstić information content (AvgIpc) is 3.27. The standard InChI is InChI=1S/C36H46ClN5O7/c37-29-21-24(5-6-31(29)43)22-32(34(46)40-16-9-26(10-17-40)25-7-14-39(15-8-25)23-33(44)45)49-36(48)41-18-12-28(13-19-41)42-20-11-27-3-1-2-4-30(27)38-35(42)47/h1-6,21,25-26,28,32,43H,7-20,22-23H2,(H,38,47)(H,44,45)/t32-/m1/s1. The summed E-state index contributed by atoms with van der Waals surface area (Å²) >= 11 is 6.18. The Morgan fingerprint density at radius 1 is 0.878 bits per heavy atom. The number of carbonyl (C=O) groups is 4. The van der Waals surface area contributed by atoms with E-state index in [-0.39, 0.29) is 41.7 Å². The van der Waals surface area contributed by atoms with Crippen LogP contribution in [0.15, 0.2) is 42.5 Å². The Balaban J connectivity index is 1.05. The lowest BCUT2D eigenvalue weighted by Crippen LogP contribution is -2.52. The monoisotopic (exact) mass is 695 g/mol. The highest BCUT2D eigenvalue weighted by Gasteiger charge is 2.37. The number of likely N-dealkylation sites (tertiary alicyclic amines) is 3. The molecule has 4 aliphatic rings. The molecule has 0 radical (unpaired) electrons. The second-order valence-electron chi connectivity index (χ2n) is 13.8. The van der Waals surface area contributed by atoms with Gasteiger partial charge in [0.15, 0.2) is 6.10 Å². The molecule has 2 aromatic carbocycles. The third-order valence-corrected chi connectivity index (χ3v) is 11.1. The maximum absolute atomic E-state index is 14.0. The van der Waals surface area contributed by atoms with E-state index in [1.165, 1.54) is 6.07 Å². The quantitative estimate of drug-likeness (QED) is 0.361. The molecule has 49 heavy (non-hydrogen) atoms. The molecule has 264 valence electrons. The minimum atomic E-state index is -1.06. The number of para-hydroxylation sites is 1. The largest absolute Gasteiger partial charge is 0.506 e. The van der Waals surface area contributed by atoms with Gasteiger partial charge in [-0.3, -0.25) is 14.5 Å². The van der Waals surface area contributed by atoms with Crippen molar-refractivity contribution in [3.8, 4) is 5.75 Å². The number of carbonyl (C=O) groups excluding carboxylic acids is 3. The van der Waals surface area contributed by atoms with E-state index >= 15 is 0 Å². The van der Waals surface area contributed by atoms with Gasteiger partial charge in [-0.25, -0.2) is 9.59 Å². The molecule has 0 bridgehead atoms. The molecule has 6 rings (SSSR count). The number of piperidine rings is 3. The third kappa shape index (κ3) is 8.59. The molecule has 3 N–H and O–H groups in total. The van der Waals surface area contributed by atoms with E-state index in [9.17, 15) is 24.3 Å². The smallest absolute Gasteiger partial charge is 0.410 e. The Bertz CT molecular complexity index is 1520. The van der Waals surface area contributed by atoms with Crippen LogP contribution in [-0.4, -0.2) is 118 Å². The summed E-state index contributed by atoms with van der Waals surface area (Å²) in [6, 6.07) is 12.4. The van der Waals surface area contributed by atoms with Crippen molar-refractivity contribution >= 4 is 41.3 Å². The van der Waals surface area contributed by atoms with Gasteiger partial charge in [-0.1, -0.05) is 35.9 Å². The van der Waals surface area contributed by atoms with E-state index in [0.29, 0.717) is 63.0 Å². The van der Waals surface area contributed by atoms with E-state index in [4.69, 9.17) is 21.4 Å². The van der Waals surface area contributed by atoms with Crippen LogP contribution in [0.25, 0.3) is 0 Å². The van der Waals surface area contributed by atoms with Crippen LogP contribution in [0.4, 0.5) is 15.3 Å². The zero-order chi connectivity index (χ0) is 34.5. The highest BCUT2D eigenvalue weighted by atomic mass is 35.5. The van der Waals surface area contributed by atoms with Crippen molar-refractivity contribution in [3.05, 3.63) is 58.6 Å². The summed E-state index contributed by atoms with van der Waals surface area (Å²) < 4.78 is 5.97. The number of carboxylic acids is 1. The molecule has 0 aromatic heterocycles. The van der Waals surface area contributed by atoms with Gasteiger partial charge in [-0.15, -0.1) is 0 Å². The van der Waals surface area contributed by atoms with Crippen LogP contribution in [0.5, 0.6) is 5.75 Å². The summed E-state index contributed by atoms with van der Waals surface area (Å²) in [5, 5.41) is 22.2. The Morgan fingerprint density at radius 3 is 2.20 bits per heavy atom. The molecule has 13 heteroatoms. The van der Waals surface area contributed by atoms with Gasteiger partial charge in [-0.05, 0) is 99.2 Å². The van der Waals surface area contributed by atoms with Crippen molar-refractivity contribution < 1.29 is 34.1 Å². The van der Waals surface area contributed by atoms with Crippen LogP contribution in [0, 0.1) is 11.8 Å². The minimum Gasteiger partial charge on any atom is -0.506 e. The van der Waals surface area contributed by atoms with Gasteiger partial charge in [0.1, 0.15) is 5.75 Å². The number of rotatable bonds is 8. The van der Waals surface area contributed by atoms with Gasteiger partial charge in [-0.2, -0.15) is 0 Å². The van der Waals surface area contributed by atoms with Crippen molar-refractivity contribution in [2.24, 2.45) is 11.8 Å². The molecule has 12 nitrogen and oxygen atoms in total. The fraction of sp³-hybridized carbons (Fsp3) is 0.556. The van der Waals surface area contributed by atoms with Crippen LogP contribution < -0.4 is 5.32 Å². The van der Waals surface area contributed by atoms with Crippen molar-refractivity contribution in [1.29, 1.82) is 0 Å². The van der Waals surface area contributed by atoms with Crippen LogP contribution in [0.1, 0.15) is 49.7 Å². The molecule has 2 aromatic rings. The number of benzene rings is 2. The van der Waals surface area contributed by atoms with E-state index in [0.717, 1.165) is 56.4 Å². The van der Waals surface area contributed by atoms with Crippen molar-refractivity contribution in [2.75, 3.05) is 57.7 Å². The minimum absolute atomic E-state index is 0.0133. The van der Waals surface area contributed by atoms with Crippen LogP contribution in [-0.2, 0) is 27.2 Å². The van der Waals surface area contributed by atoms with E-state index < -0.39 is 18.2 Å². The highest BCUT2D eigenvalue weighted by Crippen LogP contribution is 2.33. The predicted molar refractivity (Wildman–Crippen MR) is 184 cm³/mol. The topological polar surface area (TPSA) is 143 Å². The number of hydrogen-bond acceptors (Lipinski definition) is 7. The molecule has 3 saturated heterocycles. The Hall–Kier alpha value is -4.03. The maximum atomic E-state index is 14.0. The molecule has 4 amide bonds. The number of aliphatic carboxylic acids is 1. The molecule has 3 fully saturated rings. The van der Waals surface area contributed by atoms with Gasteiger partial charge in [0.05, 0.1) is 11.6 Å². The average molecular weight is 696 g/mol. The summed E-state index contributed by atoms with van der Waals surface area (Å²) in [4.78, 5) is 58.9. The highest BCUT2D eigenvalue weighted by molar-refractivity contribution is 6.32. The zero-order valence-electron chi connectivity index (χ0n) is 27.8. The summed E-state index contributed by atoms with van der Waals surface area (Å²) in [6.07, 6.45) is 4.09. The maximum Gasteiger partial charge on any atom is 0.410 e. The fourth-order valence-electron chi connectivity index (χ4n) is 7.93. The first-order chi connectivity index (χ1) is 23.6. The van der Waals surface area contributed by atoms with Gasteiger partial charge in [0, 0.05) is 50.9 Å². The molecule has 4 aliphatic heterocycles. The number of phenols is 1. The third-order valence-electron chi connectivity index (χ3n) is 10.8. The molecule has 1 atom stereocenters. The fourth-order valence-corrected chi connectivity index (χ4v) is 8.14. The molecule has 0 unspecified atom stereocenters. The Kier molecular flexibility index (Phi) is 11.1. The van der Waals surface area contributed by atoms with Crippen LogP contribution >= 0.6 is 11.6 Å². The number of halogens is 1. The number of ether oxygens (including phenoxy) is 1. The number of nitrogens with one attached hydrogen (secondary N) is 1. The molecule has 0 spiro atoms. The number of phenolic OH excluding ortho intramolecular Hbond substituents is 1. The van der Waals surface area contributed by atoms with Gasteiger partial charge in [0.25, 0.3) is 5.91 Å². The number of hydrogen-bond donors (Lipinski definition) is 3. The Labute approximate surface area is 291 Å². The molecule has 0 aliphatic carbocycles. The predicted octanol–water partition coefficient (Wildman–Crippen LogP) is 4.68. The first kappa shape index (κ1) is 34.8. The molecular formula is C36H46ClN5O7. The lowest BCUT2D eigenvalue weighted by molar-refractivity contribution is -0.142. The van der Waals surface area contributed by atoms with Crippen molar-refractivity contribution in [3.63, 3.8) is 0 Å². The summed E-state index contributed by atoms with van der Waals surface area (Å²) in [7, 11) is 0. The van der Waals surface area contributed by atoms with E-state index in [1.54, 1.807) is 21.9 Å². The number of urea groups is 1. The van der Waals surface area contributed by atoms with Crippen molar-refractivity contribution in [2.45, 2.75) is 63.5 Å². The molecule has 0 saturated carbocycles. The van der Waals surface area contributed by atoms with Gasteiger partial charge < -0.3 is 35.0 Å². The number of nitrogens with zero attached hydrogens (tertiary/aromatic N) is 4. The van der Waals surface area contributed by atoms with E-state index in [1.807, 2.05) is 34.1 Å². The molecular weight excluding hydrogens is 650 g/mol. The lowest BCUT2D eigenvalue weighted by Gasteiger charge is -2.41. The van der Waals surface area contributed by atoms with Gasteiger partial charge >= 0.3 is 18.1 Å². The van der Waals surface area contributed by atoms with Crippen LogP contribution in [0.3, 0.4) is 0 Å². The normalized spacial score (nSPS) is 20.7. The first-order valence-electron chi connectivity index (χ1n) is 17.5. The lowest BCUT2D eigenvalue weighted by atomic mass is 9.78. The zero-order valence-corrected chi connectivity index (χ0v) is 28.5. The van der Waals surface area contributed by atoms with Crippen LogP contribution in [0.2, 0.25) is 5.02 Å². The number of amides is 4. The summed E-state index contributed by atoms with van der Waals surface area (Å²) in [5.41, 5.74) is 2.61. The van der Waals surface area contributed by atoms with Gasteiger partial charge in [0.2, 0.25) is 0 Å². The van der Waals surface area contributed by atoms with Crippen molar-refractivity contribution in [1.82, 2.24) is 19.6 Å². The number of fused-ring (bicyclic) bond motifs is 1. The Morgan fingerprint density at radius 2 is 1.53 bits per heavy atom. The SMILES string of the molecule is O=C(O)CN1CCC(C2CCN(C(=O)[C@@H](Cc3ccc(O)c(Cl)c3)OC(=O)N3CCC(N4CCc5ccccc5NC4=O)CC3)CC2)CC1.